The maximum absolute atomic E-state index is 12.9. The van der Waals surface area contributed by atoms with E-state index in [0.29, 0.717) is 36.8 Å². The van der Waals surface area contributed by atoms with E-state index in [9.17, 15) is 18.5 Å². The van der Waals surface area contributed by atoms with Crippen LogP contribution < -0.4 is 4.80 Å². The highest BCUT2D eigenvalue weighted by atomic mass is 32.2. The molecule has 0 N–H and O–H groups in total. The molecule has 13 heteroatoms. The zero-order chi connectivity index (χ0) is 25.8. The number of nitro groups is 1. The number of thiophene rings is 1. The minimum absolute atomic E-state index is 0.00430. The number of aromatic nitrogens is 1. The van der Waals surface area contributed by atoms with Gasteiger partial charge in [0.15, 0.2) is 0 Å². The molecule has 1 aliphatic heterocycles. The van der Waals surface area contributed by atoms with Crippen molar-refractivity contribution in [2.24, 2.45) is 10.1 Å². The summed E-state index contributed by atoms with van der Waals surface area (Å²) in [5, 5.41) is 19.5. The Morgan fingerprint density at radius 1 is 1.00 bits per heavy atom. The number of hydrogen-bond acceptors (Lipinski definition) is 9. The lowest BCUT2D eigenvalue weighted by atomic mass is 10.1. The second-order valence-corrected chi connectivity index (χ2v) is 11.7. The lowest BCUT2D eigenvalue weighted by Crippen LogP contribution is -2.40. The zero-order valence-corrected chi connectivity index (χ0v) is 21.8. The predicted octanol–water partition coefficient (Wildman–Crippen LogP) is 4.32. The molecule has 190 valence electrons. The van der Waals surface area contributed by atoms with Crippen LogP contribution in [0.2, 0.25) is 0 Å². The highest BCUT2D eigenvalue weighted by Crippen LogP contribution is 2.25. The summed E-state index contributed by atoms with van der Waals surface area (Å²) in [5.41, 5.74) is 2.04. The van der Waals surface area contributed by atoms with Gasteiger partial charge in [-0.25, -0.2) is 18.1 Å². The van der Waals surface area contributed by atoms with Gasteiger partial charge in [0.1, 0.15) is 0 Å². The molecular weight excluding hydrogens is 534 g/mol. The van der Waals surface area contributed by atoms with Crippen LogP contribution >= 0.6 is 22.7 Å². The monoisotopic (exact) mass is 555 g/mol. The van der Waals surface area contributed by atoms with Crippen LogP contribution in [0.3, 0.4) is 0 Å². The molecule has 1 saturated heterocycles. The second kappa shape index (κ2) is 10.9. The van der Waals surface area contributed by atoms with Gasteiger partial charge < -0.3 is 4.74 Å². The van der Waals surface area contributed by atoms with Gasteiger partial charge in [-0.3, -0.25) is 10.1 Å². The van der Waals surface area contributed by atoms with Crippen LogP contribution in [0.25, 0.3) is 11.3 Å². The summed E-state index contributed by atoms with van der Waals surface area (Å²) >= 11 is 2.90. The highest BCUT2D eigenvalue weighted by molar-refractivity contribution is 7.89. The molecule has 1 aliphatic rings. The fourth-order valence-electron chi connectivity index (χ4n) is 3.66. The molecule has 0 spiro atoms. The summed E-state index contributed by atoms with van der Waals surface area (Å²) in [5.74, 6) is 0. The lowest BCUT2D eigenvalue weighted by molar-refractivity contribution is -0.384. The van der Waals surface area contributed by atoms with Crippen molar-refractivity contribution in [2.75, 3.05) is 26.3 Å². The van der Waals surface area contributed by atoms with Crippen molar-refractivity contribution in [3.05, 3.63) is 91.2 Å². The maximum Gasteiger partial charge on any atom is 0.269 e. The van der Waals surface area contributed by atoms with Gasteiger partial charge in [0.05, 0.1) is 40.6 Å². The van der Waals surface area contributed by atoms with E-state index in [1.165, 1.54) is 27.8 Å². The number of ether oxygens (including phenoxy) is 1. The molecule has 3 heterocycles. The number of nitro benzene ring substituents is 1. The number of hydrogen-bond donors (Lipinski definition) is 0. The molecule has 37 heavy (non-hydrogen) atoms. The molecule has 0 bridgehead atoms. The molecule has 0 amide bonds. The topological polar surface area (TPSA) is 119 Å². The highest BCUT2D eigenvalue weighted by Gasteiger charge is 2.26. The Morgan fingerprint density at radius 2 is 1.73 bits per heavy atom. The van der Waals surface area contributed by atoms with Crippen LogP contribution in [-0.2, 0) is 14.8 Å². The molecule has 0 aliphatic carbocycles. The number of benzene rings is 2. The Morgan fingerprint density at radius 3 is 2.38 bits per heavy atom. The maximum atomic E-state index is 12.9. The van der Waals surface area contributed by atoms with Crippen LogP contribution in [0, 0.1) is 10.1 Å². The Kier molecular flexibility index (Phi) is 7.39. The van der Waals surface area contributed by atoms with Crippen LogP contribution in [0.4, 0.5) is 11.4 Å². The van der Waals surface area contributed by atoms with Crippen molar-refractivity contribution in [1.29, 1.82) is 0 Å². The van der Waals surface area contributed by atoms with Gasteiger partial charge in [0, 0.05) is 41.0 Å². The minimum Gasteiger partial charge on any atom is -0.379 e. The first-order valence-corrected chi connectivity index (χ1v) is 14.4. The van der Waals surface area contributed by atoms with Crippen molar-refractivity contribution in [3.63, 3.8) is 0 Å². The number of morpholine rings is 1. The quantitative estimate of drug-likeness (QED) is 0.191. The van der Waals surface area contributed by atoms with Gasteiger partial charge in [-0.2, -0.15) is 9.41 Å². The van der Waals surface area contributed by atoms with Crippen LogP contribution in [0.1, 0.15) is 4.88 Å². The van der Waals surface area contributed by atoms with E-state index in [0.717, 1.165) is 16.1 Å². The fraction of sp³-hybridized carbons (Fsp3) is 0.167. The average Bonchev–Trinajstić information content (AvgIpc) is 3.58. The predicted molar refractivity (Wildman–Crippen MR) is 143 cm³/mol. The number of thiazole rings is 1. The van der Waals surface area contributed by atoms with Gasteiger partial charge in [-0.05, 0) is 47.8 Å². The zero-order valence-electron chi connectivity index (χ0n) is 19.3. The Balaban J connectivity index is 1.50. The average molecular weight is 556 g/mol. The van der Waals surface area contributed by atoms with Gasteiger partial charge >= 0.3 is 0 Å². The third-order valence-corrected chi connectivity index (χ3v) is 9.11. The summed E-state index contributed by atoms with van der Waals surface area (Å²) in [4.78, 5) is 17.0. The lowest BCUT2D eigenvalue weighted by Gasteiger charge is -2.26. The van der Waals surface area contributed by atoms with Gasteiger partial charge in [-0.1, -0.05) is 6.07 Å². The molecular formula is C24H21N5O5S3. The molecule has 0 saturated carbocycles. The van der Waals surface area contributed by atoms with Crippen LogP contribution in [-0.4, -0.2) is 54.8 Å². The van der Waals surface area contributed by atoms with Crippen molar-refractivity contribution in [3.8, 4) is 11.3 Å². The van der Waals surface area contributed by atoms with Gasteiger partial charge in [0.2, 0.25) is 14.8 Å². The standard InChI is InChI=1S/C24H21N5O5S3/c30-29(31)20-7-3-18(4-8-20)23-17-36-24(28(23)25-16-21-2-1-15-35-21)26-19-5-9-22(10-6-19)37(32,33)27-11-13-34-14-12-27/h1-10,15-17H,11-14H2. The van der Waals surface area contributed by atoms with E-state index in [-0.39, 0.29) is 10.6 Å². The first-order valence-electron chi connectivity index (χ1n) is 11.2. The summed E-state index contributed by atoms with van der Waals surface area (Å²) in [7, 11) is -3.60. The number of sulfonamides is 1. The second-order valence-electron chi connectivity index (χ2n) is 7.90. The molecule has 0 radical (unpaired) electrons. The molecule has 5 rings (SSSR count). The Hall–Kier alpha value is -3.49. The van der Waals surface area contributed by atoms with Gasteiger partial charge in [-0.15, -0.1) is 22.7 Å². The fourth-order valence-corrected chi connectivity index (χ4v) is 6.50. The molecule has 2 aromatic carbocycles. The number of nitrogens with zero attached hydrogens (tertiary/aromatic N) is 5. The number of rotatable bonds is 7. The van der Waals surface area contributed by atoms with E-state index in [1.807, 2.05) is 22.9 Å². The van der Waals surface area contributed by atoms with Crippen LogP contribution in [0.5, 0.6) is 0 Å². The van der Waals surface area contributed by atoms with Crippen molar-refractivity contribution >= 4 is 50.3 Å². The van der Waals surface area contributed by atoms with Gasteiger partial charge in [0.25, 0.3) is 5.69 Å². The van der Waals surface area contributed by atoms with E-state index in [1.54, 1.807) is 58.6 Å². The molecule has 2 aromatic heterocycles. The van der Waals surface area contributed by atoms with E-state index in [2.05, 4.69) is 5.10 Å². The largest absolute Gasteiger partial charge is 0.379 e. The van der Waals surface area contributed by atoms with E-state index >= 15 is 0 Å². The molecule has 4 aromatic rings. The van der Waals surface area contributed by atoms with E-state index in [4.69, 9.17) is 9.73 Å². The smallest absolute Gasteiger partial charge is 0.269 e. The third-order valence-electron chi connectivity index (χ3n) is 5.57. The molecule has 0 unspecified atom stereocenters. The first-order chi connectivity index (χ1) is 17.9. The summed E-state index contributed by atoms with van der Waals surface area (Å²) in [6.07, 6.45) is 1.73. The number of non-ortho nitro benzene ring substituents is 1. The molecule has 1 fully saturated rings. The first kappa shape index (κ1) is 25.2. The summed E-state index contributed by atoms with van der Waals surface area (Å²) in [6.45, 7) is 1.43. The Labute approximate surface area is 220 Å². The summed E-state index contributed by atoms with van der Waals surface area (Å²) < 4.78 is 34.2. The SMILES string of the molecule is O=[N+]([O-])c1ccc(-c2csc(=Nc3ccc(S(=O)(=O)N4CCOCC4)cc3)n2N=Cc2cccs2)cc1. The summed E-state index contributed by atoms with van der Waals surface area (Å²) in [6, 6.07) is 16.5. The normalized spacial score (nSPS) is 15.4. The van der Waals surface area contributed by atoms with E-state index < -0.39 is 14.9 Å². The van der Waals surface area contributed by atoms with Crippen molar-refractivity contribution in [2.45, 2.75) is 4.90 Å². The molecule has 10 nitrogen and oxygen atoms in total. The van der Waals surface area contributed by atoms with Crippen LogP contribution in [0.15, 0.2) is 86.4 Å². The molecule has 0 atom stereocenters. The van der Waals surface area contributed by atoms with Crippen molar-refractivity contribution < 1.29 is 18.1 Å². The van der Waals surface area contributed by atoms with Crippen molar-refractivity contribution in [1.82, 2.24) is 8.98 Å². The Bertz CT molecular complexity index is 1580. The third kappa shape index (κ3) is 5.60. The minimum atomic E-state index is -3.60.